The Morgan fingerprint density at radius 1 is 1.11 bits per heavy atom. The molecule has 0 fully saturated rings. The fourth-order valence-electron chi connectivity index (χ4n) is 3.55. The number of nitrogens with zero attached hydrogens (tertiary/aromatic N) is 2. The summed E-state index contributed by atoms with van der Waals surface area (Å²) in [5, 5.41) is -0.334. The number of carbonyl (C=O) groups excluding carboxylic acids is 1. The van der Waals surface area contributed by atoms with Crippen LogP contribution < -0.4 is 14.7 Å². The number of aromatic nitrogens is 2. The number of fused-ring (bicyclic) bond motifs is 1. The Kier molecular flexibility index (Phi) is 6.95. The van der Waals surface area contributed by atoms with Gasteiger partial charge < -0.3 is 14.7 Å². The second kappa shape index (κ2) is 9.71. The van der Waals surface area contributed by atoms with Crippen LogP contribution in [0.5, 0.6) is 11.5 Å². The van der Waals surface area contributed by atoms with Gasteiger partial charge in [0.15, 0.2) is 0 Å². The monoisotopic (exact) mass is 553 g/mol. The highest BCUT2D eigenvalue weighted by molar-refractivity contribution is 7.87. The third-order valence-electron chi connectivity index (χ3n) is 5.46. The van der Waals surface area contributed by atoms with E-state index in [1.807, 2.05) is 0 Å². The third-order valence-corrected chi connectivity index (χ3v) is 8.17. The van der Waals surface area contributed by atoms with Gasteiger partial charge >= 0.3 is 16.3 Å². The summed E-state index contributed by atoms with van der Waals surface area (Å²) in [4.78, 5) is 16.4. The Morgan fingerprint density at radius 3 is 2.46 bits per heavy atom. The number of ether oxygens (including phenoxy) is 1. The Bertz CT molecular complexity index is 1580. The molecule has 0 unspecified atom stereocenters. The largest absolute Gasteiger partial charge is 0.484 e. The number of alkyl halides is 3. The minimum Gasteiger partial charge on any atom is -0.484 e. The Hall–Kier alpha value is -3.58. The Balaban J connectivity index is 1.72. The molecule has 0 radical (unpaired) electrons. The van der Waals surface area contributed by atoms with E-state index in [4.69, 9.17) is 14.7 Å². The van der Waals surface area contributed by atoms with Crippen LogP contribution in [0.4, 0.5) is 13.2 Å². The predicted octanol–water partition coefficient (Wildman–Crippen LogP) is 5.46. The van der Waals surface area contributed by atoms with Gasteiger partial charge in [0.25, 0.3) is 5.91 Å². The zero-order chi connectivity index (χ0) is 27.1. The average molecular weight is 554 g/mol. The molecule has 2 heterocycles. The summed E-state index contributed by atoms with van der Waals surface area (Å²) in [5.74, 6) is -0.740. The van der Waals surface area contributed by atoms with Gasteiger partial charge in [0.2, 0.25) is 0 Å². The van der Waals surface area contributed by atoms with Gasteiger partial charge in [-0.3, -0.25) is 9.36 Å². The van der Waals surface area contributed by atoms with Crippen LogP contribution in [0, 0.1) is 0 Å². The summed E-state index contributed by atoms with van der Waals surface area (Å²) in [6, 6.07) is 11.0. The maximum atomic E-state index is 13.5. The van der Waals surface area contributed by atoms with Crippen molar-refractivity contribution in [3.05, 3.63) is 70.9 Å². The summed E-state index contributed by atoms with van der Waals surface area (Å²) in [6.45, 7) is 4.42. The van der Waals surface area contributed by atoms with Crippen LogP contribution in [-0.4, -0.2) is 29.1 Å². The SMILES string of the molecule is CC(C)S(=O)(=O)Oc1ccc2ncn(-c3cc(O[C@H](C)c4ccccc4C(F)(F)F)c(C(N)=O)s3)c2c1. The number of rotatable bonds is 8. The van der Waals surface area contributed by atoms with Gasteiger partial charge in [-0.05, 0) is 39.0 Å². The van der Waals surface area contributed by atoms with Crippen LogP contribution in [0.2, 0.25) is 0 Å². The van der Waals surface area contributed by atoms with Gasteiger partial charge in [0, 0.05) is 17.7 Å². The molecule has 0 saturated carbocycles. The molecule has 8 nitrogen and oxygen atoms in total. The molecule has 0 saturated heterocycles. The quantitative estimate of drug-likeness (QED) is 0.290. The molecule has 4 aromatic rings. The van der Waals surface area contributed by atoms with E-state index in [1.54, 1.807) is 10.6 Å². The van der Waals surface area contributed by atoms with Gasteiger partial charge in [0.05, 0.1) is 21.8 Å². The minimum atomic E-state index is -4.58. The van der Waals surface area contributed by atoms with Crippen molar-refractivity contribution >= 4 is 38.4 Å². The molecule has 0 spiro atoms. The third kappa shape index (κ3) is 5.42. The Morgan fingerprint density at radius 2 is 1.81 bits per heavy atom. The van der Waals surface area contributed by atoms with Gasteiger partial charge in [-0.25, -0.2) is 4.98 Å². The normalized spacial score (nSPS) is 13.2. The molecule has 2 N–H and O–H groups in total. The van der Waals surface area contributed by atoms with Gasteiger partial charge in [-0.1, -0.05) is 18.2 Å². The second-order valence-electron chi connectivity index (χ2n) is 8.38. The molecule has 13 heteroatoms. The Labute approximate surface area is 214 Å². The first kappa shape index (κ1) is 26.5. The lowest BCUT2D eigenvalue weighted by Crippen LogP contribution is -2.19. The van der Waals surface area contributed by atoms with E-state index in [1.165, 1.54) is 63.5 Å². The number of hydrogen-bond acceptors (Lipinski definition) is 7. The van der Waals surface area contributed by atoms with Crippen molar-refractivity contribution in [3.63, 3.8) is 0 Å². The zero-order valence-electron chi connectivity index (χ0n) is 19.8. The fourth-order valence-corrected chi connectivity index (χ4v) is 5.04. The summed E-state index contributed by atoms with van der Waals surface area (Å²) in [5.41, 5.74) is 5.57. The zero-order valence-corrected chi connectivity index (χ0v) is 21.4. The molecule has 1 amide bonds. The van der Waals surface area contributed by atoms with Crippen LogP contribution in [0.25, 0.3) is 16.0 Å². The van der Waals surface area contributed by atoms with Crippen LogP contribution in [0.15, 0.2) is 54.9 Å². The van der Waals surface area contributed by atoms with E-state index >= 15 is 0 Å². The van der Waals surface area contributed by atoms with Crippen molar-refractivity contribution in [1.29, 1.82) is 0 Å². The standard InChI is InChI=1S/C24H22F3N3O5S2/c1-13(2)37(32,33)35-15-8-9-18-19(10-15)30(12-29-18)21-11-20(22(36-21)23(28)31)34-14(3)16-6-4-5-7-17(16)24(25,26)27/h4-14H,1-3H3,(H2,28,31)/t14-/m1/s1. The first-order valence-corrected chi connectivity index (χ1v) is 13.2. The van der Waals surface area contributed by atoms with Crippen molar-refractivity contribution in [3.8, 4) is 16.5 Å². The van der Waals surface area contributed by atoms with E-state index < -0.39 is 39.1 Å². The van der Waals surface area contributed by atoms with E-state index in [9.17, 15) is 26.4 Å². The number of benzene rings is 2. The van der Waals surface area contributed by atoms with Crippen LogP contribution in [0.1, 0.15) is 47.7 Å². The number of thiophene rings is 1. The van der Waals surface area contributed by atoms with E-state index in [2.05, 4.69) is 4.98 Å². The van der Waals surface area contributed by atoms with Gasteiger partial charge in [-0.2, -0.15) is 21.6 Å². The van der Waals surface area contributed by atoms with E-state index in [-0.39, 0.29) is 21.9 Å². The van der Waals surface area contributed by atoms with Crippen LogP contribution >= 0.6 is 11.3 Å². The topological polar surface area (TPSA) is 114 Å². The maximum absolute atomic E-state index is 13.5. The highest BCUT2D eigenvalue weighted by Crippen LogP contribution is 2.39. The van der Waals surface area contributed by atoms with Crippen molar-refractivity contribution in [2.24, 2.45) is 5.73 Å². The van der Waals surface area contributed by atoms with Crippen LogP contribution in [0.3, 0.4) is 0 Å². The summed E-state index contributed by atoms with van der Waals surface area (Å²) < 4.78 is 77.4. The molecule has 2 aromatic carbocycles. The van der Waals surface area contributed by atoms with Crippen molar-refractivity contribution in [1.82, 2.24) is 9.55 Å². The molecule has 0 aliphatic carbocycles. The minimum absolute atomic E-state index is 0.00276. The first-order chi connectivity index (χ1) is 17.3. The molecule has 0 aliphatic rings. The predicted molar refractivity (Wildman–Crippen MR) is 133 cm³/mol. The lowest BCUT2D eigenvalue weighted by Gasteiger charge is -2.19. The lowest BCUT2D eigenvalue weighted by molar-refractivity contribution is -0.139. The molecule has 2 aromatic heterocycles. The fraction of sp³-hybridized carbons (Fsp3) is 0.250. The summed E-state index contributed by atoms with van der Waals surface area (Å²) in [7, 11) is -3.84. The number of nitrogens with two attached hydrogens (primary N) is 1. The summed E-state index contributed by atoms with van der Waals surface area (Å²) in [6.07, 6.45) is -4.19. The number of hydrogen-bond donors (Lipinski definition) is 1. The lowest BCUT2D eigenvalue weighted by atomic mass is 10.0. The highest BCUT2D eigenvalue weighted by atomic mass is 32.2. The number of halogens is 3. The van der Waals surface area contributed by atoms with Gasteiger partial charge in [0.1, 0.15) is 33.8 Å². The average Bonchev–Trinajstić information content (AvgIpc) is 3.42. The highest BCUT2D eigenvalue weighted by Gasteiger charge is 2.35. The first-order valence-electron chi connectivity index (χ1n) is 10.9. The smallest absolute Gasteiger partial charge is 0.416 e. The second-order valence-corrected chi connectivity index (χ2v) is 11.5. The molecule has 196 valence electrons. The van der Waals surface area contributed by atoms with Crippen molar-refractivity contribution < 1.29 is 35.3 Å². The van der Waals surface area contributed by atoms with E-state index in [0.29, 0.717) is 16.0 Å². The molecule has 1 atom stereocenters. The van der Waals surface area contributed by atoms with Gasteiger partial charge in [-0.15, -0.1) is 11.3 Å². The maximum Gasteiger partial charge on any atom is 0.416 e. The molecular weight excluding hydrogens is 531 g/mol. The molecule has 4 rings (SSSR count). The van der Waals surface area contributed by atoms with Crippen molar-refractivity contribution in [2.45, 2.75) is 38.3 Å². The number of amides is 1. The molecule has 0 bridgehead atoms. The number of primary amides is 1. The number of imidazole rings is 1. The van der Waals surface area contributed by atoms with Crippen LogP contribution in [-0.2, 0) is 16.3 Å². The van der Waals surface area contributed by atoms with Crippen molar-refractivity contribution in [2.75, 3.05) is 0 Å². The molecular formula is C24H22F3N3O5S2. The number of carbonyl (C=O) groups is 1. The summed E-state index contributed by atoms with van der Waals surface area (Å²) >= 11 is 0.953. The molecule has 37 heavy (non-hydrogen) atoms. The van der Waals surface area contributed by atoms with E-state index in [0.717, 1.165) is 17.4 Å². The molecule has 0 aliphatic heterocycles.